The fourth-order valence-electron chi connectivity index (χ4n) is 2.39. The van der Waals surface area contributed by atoms with Gasteiger partial charge in [-0.2, -0.15) is 0 Å². The molecule has 3 rings (SSSR count). The SMILES string of the molecule is COc1ccc(C2(C)OC(=O)N(Nc3ccccc3)C2=O)cc1. The molecule has 1 fully saturated rings. The first-order chi connectivity index (χ1) is 11.0. The summed E-state index contributed by atoms with van der Waals surface area (Å²) in [5.74, 6) is 0.185. The van der Waals surface area contributed by atoms with Gasteiger partial charge in [0.1, 0.15) is 5.75 Å². The Kier molecular flexibility index (Phi) is 3.65. The van der Waals surface area contributed by atoms with E-state index in [0.29, 0.717) is 17.0 Å². The number of nitrogens with zero attached hydrogens (tertiary/aromatic N) is 1. The summed E-state index contributed by atoms with van der Waals surface area (Å²) in [6.07, 6.45) is -0.739. The number of imide groups is 1. The van der Waals surface area contributed by atoms with Crippen molar-refractivity contribution in [1.82, 2.24) is 5.01 Å². The summed E-state index contributed by atoms with van der Waals surface area (Å²) in [5, 5.41) is 0.888. The van der Waals surface area contributed by atoms with Gasteiger partial charge >= 0.3 is 6.09 Å². The van der Waals surface area contributed by atoms with Gasteiger partial charge in [0.05, 0.1) is 12.8 Å². The zero-order chi connectivity index (χ0) is 16.4. The Bertz CT molecular complexity index is 730. The van der Waals surface area contributed by atoms with Crippen LogP contribution in [0.25, 0.3) is 0 Å². The van der Waals surface area contributed by atoms with Crippen LogP contribution in [-0.2, 0) is 15.1 Å². The maximum Gasteiger partial charge on any atom is 0.437 e. The molecule has 6 heteroatoms. The van der Waals surface area contributed by atoms with E-state index in [1.54, 1.807) is 62.6 Å². The van der Waals surface area contributed by atoms with E-state index >= 15 is 0 Å². The van der Waals surface area contributed by atoms with Gasteiger partial charge in [0.25, 0.3) is 5.91 Å². The first-order valence-electron chi connectivity index (χ1n) is 7.08. The van der Waals surface area contributed by atoms with Gasteiger partial charge in [-0.25, -0.2) is 4.79 Å². The van der Waals surface area contributed by atoms with Crippen LogP contribution >= 0.6 is 0 Å². The lowest BCUT2D eigenvalue weighted by Crippen LogP contribution is -2.40. The number of hydrazine groups is 1. The summed E-state index contributed by atoms with van der Waals surface area (Å²) in [7, 11) is 1.56. The molecule has 0 bridgehead atoms. The smallest absolute Gasteiger partial charge is 0.437 e. The molecule has 0 spiro atoms. The molecule has 2 aromatic rings. The average Bonchev–Trinajstić information content (AvgIpc) is 2.80. The van der Waals surface area contributed by atoms with Crippen molar-refractivity contribution < 1.29 is 19.1 Å². The van der Waals surface area contributed by atoms with Gasteiger partial charge < -0.3 is 9.47 Å². The third-order valence-electron chi connectivity index (χ3n) is 3.74. The zero-order valence-electron chi connectivity index (χ0n) is 12.8. The van der Waals surface area contributed by atoms with E-state index in [2.05, 4.69) is 5.43 Å². The van der Waals surface area contributed by atoms with Gasteiger partial charge in [0.2, 0.25) is 5.60 Å². The van der Waals surface area contributed by atoms with Crippen LogP contribution in [0.15, 0.2) is 54.6 Å². The zero-order valence-corrected chi connectivity index (χ0v) is 12.8. The Morgan fingerprint density at radius 1 is 1.04 bits per heavy atom. The Balaban J connectivity index is 1.87. The normalized spacial score (nSPS) is 20.3. The van der Waals surface area contributed by atoms with Crippen molar-refractivity contribution in [3.63, 3.8) is 0 Å². The van der Waals surface area contributed by atoms with Gasteiger partial charge in [-0.3, -0.25) is 10.2 Å². The van der Waals surface area contributed by atoms with Crippen LogP contribution in [0, 0.1) is 0 Å². The summed E-state index contributed by atoms with van der Waals surface area (Å²) < 4.78 is 10.4. The topological polar surface area (TPSA) is 67.9 Å². The number of amides is 2. The van der Waals surface area contributed by atoms with Crippen LogP contribution < -0.4 is 10.2 Å². The molecule has 23 heavy (non-hydrogen) atoms. The predicted octanol–water partition coefficient (Wildman–Crippen LogP) is 2.92. The lowest BCUT2D eigenvalue weighted by atomic mass is 9.95. The van der Waals surface area contributed by atoms with Crippen molar-refractivity contribution in [3.05, 3.63) is 60.2 Å². The highest BCUT2D eigenvalue weighted by Gasteiger charge is 2.52. The number of carbonyl (C=O) groups excluding carboxylic acids is 2. The summed E-state index contributed by atoms with van der Waals surface area (Å²) in [4.78, 5) is 24.8. The highest BCUT2D eigenvalue weighted by molar-refractivity contribution is 6.04. The van der Waals surface area contributed by atoms with Crippen molar-refractivity contribution in [2.45, 2.75) is 12.5 Å². The lowest BCUT2D eigenvalue weighted by molar-refractivity contribution is -0.135. The number of rotatable bonds is 4. The second kappa shape index (κ2) is 5.64. The predicted molar refractivity (Wildman–Crippen MR) is 83.7 cm³/mol. The summed E-state index contributed by atoms with van der Waals surface area (Å²) in [6, 6.07) is 15.8. The molecular formula is C17H16N2O4. The molecular weight excluding hydrogens is 296 g/mol. The highest BCUT2D eigenvalue weighted by Crippen LogP contribution is 2.35. The van der Waals surface area contributed by atoms with Crippen molar-refractivity contribution in [2.75, 3.05) is 12.5 Å². The number of anilines is 1. The van der Waals surface area contributed by atoms with Gasteiger partial charge in [-0.05, 0) is 31.2 Å². The molecule has 118 valence electrons. The molecule has 1 heterocycles. The number of methoxy groups -OCH3 is 1. The van der Waals surface area contributed by atoms with Gasteiger partial charge in [0, 0.05) is 5.56 Å². The van der Waals surface area contributed by atoms with Crippen molar-refractivity contribution in [1.29, 1.82) is 0 Å². The molecule has 1 aliphatic rings. The monoisotopic (exact) mass is 312 g/mol. The maximum absolute atomic E-state index is 12.7. The average molecular weight is 312 g/mol. The molecule has 0 saturated carbocycles. The van der Waals surface area contributed by atoms with Gasteiger partial charge in [-0.1, -0.05) is 30.3 Å². The fourth-order valence-corrected chi connectivity index (χ4v) is 2.39. The number of benzene rings is 2. The van der Waals surface area contributed by atoms with E-state index in [4.69, 9.17) is 9.47 Å². The number of carbonyl (C=O) groups is 2. The largest absolute Gasteiger partial charge is 0.497 e. The molecule has 2 aromatic carbocycles. The van der Waals surface area contributed by atoms with Crippen molar-refractivity contribution in [3.8, 4) is 5.75 Å². The number of nitrogens with one attached hydrogen (secondary N) is 1. The van der Waals surface area contributed by atoms with Crippen LogP contribution in [0.3, 0.4) is 0 Å². The molecule has 0 aromatic heterocycles. The Morgan fingerprint density at radius 3 is 2.30 bits per heavy atom. The Labute approximate surface area is 133 Å². The molecule has 0 aliphatic carbocycles. The van der Waals surface area contributed by atoms with E-state index < -0.39 is 17.6 Å². The van der Waals surface area contributed by atoms with E-state index in [-0.39, 0.29) is 0 Å². The molecule has 0 radical (unpaired) electrons. The number of ether oxygens (including phenoxy) is 2. The fraction of sp³-hybridized carbons (Fsp3) is 0.176. The summed E-state index contributed by atoms with van der Waals surface area (Å²) >= 11 is 0. The first kappa shape index (κ1) is 14.9. The van der Waals surface area contributed by atoms with Crippen LogP contribution in [-0.4, -0.2) is 24.1 Å². The quantitative estimate of drug-likeness (QED) is 0.940. The van der Waals surface area contributed by atoms with E-state index in [1.165, 1.54) is 0 Å². The van der Waals surface area contributed by atoms with Crippen LogP contribution in [0.4, 0.5) is 10.5 Å². The summed E-state index contributed by atoms with van der Waals surface area (Å²) in [5.41, 5.74) is 2.60. The first-order valence-corrected chi connectivity index (χ1v) is 7.08. The maximum atomic E-state index is 12.7. The van der Waals surface area contributed by atoms with E-state index in [0.717, 1.165) is 5.01 Å². The number of hydrogen-bond donors (Lipinski definition) is 1. The highest BCUT2D eigenvalue weighted by atomic mass is 16.6. The molecule has 6 nitrogen and oxygen atoms in total. The number of hydrogen-bond acceptors (Lipinski definition) is 5. The molecule has 1 saturated heterocycles. The standard InChI is InChI=1S/C17H16N2O4/c1-17(12-8-10-14(22-2)11-9-12)15(20)19(16(21)23-17)18-13-6-4-3-5-7-13/h3-11,18H,1-2H3. The molecule has 1 atom stereocenters. The number of cyclic esters (lactones) is 1. The molecule has 1 N–H and O–H groups in total. The van der Waals surface area contributed by atoms with Crippen LogP contribution in [0.5, 0.6) is 5.75 Å². The van der Waals surface area contributed by atoms with Gasteiger partial charge in [-0.15, -0.1) is 5.01 Å². The second-order valence-corrected chi connectivity index (χ2v) is 5.25. The van der Waals surface area contributed by atoms with Crippen molar-refractivity contribution >= 4 is 17.7 Å². The minimum Gasteiger partial charge on any atom is -0.497 e. The third-order valence-corrected chi connectivity index (χ3v) is 3.74. The minimum absolute atomic E-state index is 0.475. The number of para-hydroxylation sites is 1. The molecule has 2 amide bonds. The van der Waals surface area contributed by atoms with Crippen molar-refractivity contribution in [2.24, 2.45) is 0 Å². The summed E-state index contributed by atoms with van der Waals surface area (Å²) in [6.45, 7) is 1.57. The second-order valence-electron chi connectivity index (χ2n) is 5.25. The van der Waals surface area contributed by atoms with Crippen LogP contribution in [0.2, 0.25) is 0 Å². The van der Waals surface area contributed by atoms with Crippen LogP contribution in [0.1, 0.15) is 12.5 Å². The Morgan fingerprint density at radius 2 is 1.70 bits per heavy atom. The Hall–Kier alpha value is -3.02. The third kappa shape index (κ3) is 2.59. The van der Waals surface area contributed by atoms with E-state index in [9.17, 15) is 9.59 Å². The molecule has 1 unspecified atom stereocenters. The lowest BCUT2D eigenvalue weighted by Gasteiger charge is -2.20. The minimum atomic E-state index is -1.37. The molecule has 1 aliphatic heterocycles. The van der Waals surface area contributed by atoms with Gasteiger partial charge in [0.15, 0.2) is 0 Å². The van der Waals surface area contributed by atoms with E-state index in [1.807, 2.05) is 6.07 Å².